The molecule has 54 valence electrons. The fourth-order valence-corrected chi connectivity index (χ4v) is 1.92. The molecule has 0 saturated heterocycles. The summed E-state index contributed by atoms with van der Waals surface area (Å²) in [7, 11) is 0. The number of aliphatic hydroxyl groups excluding tert-OH is 1. The number of rotatable bonds is 1. The lowest BCUT2D eigenvalue weighted by Crippen LogP contribution is -2.15. The van der Waals surface area contributed by atoms with Gasteiger partial charge in [0.1, 0.15) is 0 Å². The molecule has 1 nitrogen and oxygen atoms in total. The molecule has 0 amide bonds. The first-order chi connectivity index (χ1) is 4.25. The Kier molecular flexibility index (Phi) is 2.12. The van der Waals surface area contributed by atoms with E-state index < -0.39 is 0 Å². The van der Waals surface area contributed by atoms with Crippen LogP contribution in [-0.2, 0) is 0 Å². The van der Waals surface area contributed by atoms with Crippen LogP contribution in [0.2, 0.25) is 0 Å². The lowest BCUT2D eigenvalue weighted by atomic mass is 9.94. The summed E-state index contributed by atoms with van der Waals surface area (Å²) in [6.45, 7) is 4.40. The van der Waals surface area contributed by atoms with Crippen LogP contribution < -0.4 is 0 Å². The van der Waals surface area contributed by atoms with Crippen molar-refractivity contribution in [2.24, 2.45) is 11.8 Å². The fourth-order valence-electron chi connectivity index (χ4n) is 1.92. The average Bonchev–Trinajstić information content (AvgIpc) is 2.12. The first-order valence-electron chi connectivity index (χ1n) is 3.93. The molecule has 3 atom stereocenters. The van der Waals surface area contributed by atoms with E-state index in [2.05, 4.69) is 13.8 Å². The maximum Gasteiger partial charge on any atom is 0.0570 e. The molecule has 1 rings (SSSR count). The van der Waals surface area contributed by atoms with Crippen molar-refractivity contribution < 1.29 is 5.11 Å². The van der Waals surface area contributed by atoms with Gasteiger partial charge >= 0.3 is 0 Å². The van der Waals surface area contributed by atoms with Crippen LogP contribution in [0.25, 0.3) is 0 Å². The number of hydrogen-bond acceptors (Lipinski definition) is 1. The van der Waals surface area contributed by atoms with E-state index in [1.807, 2.05) is 0 Å². The second kappa shape index (κ2) is 2.70. The second-order valence-electron chi connectivity index (χ2n) is 3.19. The maximum absolute atomic E-state index is 9.36. The molecule has 1 heteroatoms. The van der Waals surface area contributed by atoms with Gasteiger partial charge in [0.25, 0.3) is 0 Å². The first kappa shape index (κ1) is 7.07. The third-order valence-corrected chi connectivity index (χ3v) is 2.61. The molecule has 0 bridgehead atoms. The molecule has 1 aliphatic rings. The summed E-state index contributed by atoms with van der Waals surface area (Å²) in [4.78, 5) is 0. The van der Waals surface area contributed by atoms with Crippen molar-refractivity contribution in [1.29, 1.82) is 0 Å². The molecule has 1 unspecified atom stereocenters. The first-order valence-corrected chi connectivity index (χ1v) is 3.93. The van der Waals surface area contributed by atoms with Gasteiger partial charge < -0.3 is 5.11 Å². The molecular formula is C8H16O. The third-order valence-electron chi connectivity index (χ3n) is 2.61. The number of hydrogen-bond donors (Lipinski definition) is 1. The standard InChI is InChI=1S/C8H16O/c1-3-7-6(2)4-5-8(7)9/h6-9H,3-5H2,1-2H3/t6-,7?,8+/m1/s1. The predicted octanol–water partition coefficient (Wildman–Crippen LogP) is 1.80. The Labute approximate surface area is 57.1 Å². The van der Waals surface area contributed by atoms with E-state index in [4.69, 9.17) is 0 Å². The van der Waals surface area contributed by atoms with Crippen LogP contribution >= 0.6 is 0 Å². The van der Waals surface area contributed by atoms with Crippen molar-refractivity contribution in [3.05, 3.63) is 0 Å². The predicted molar refractivity (Wildman–Crippen MR) is 38.2 cm³/mol. The lowest BCUT2D eigenvalue weighted by Gasteiger charge is -2.15. The zero-order valence-corrected chi connectivity index (χ0v) is 6.30. The zero-order valence-electron chi connectivity index (χ0n) is 6.30. The van der Waals surface area contributed by atoms with Gasteiger partial charge in [0.2, 0.25) is 0 Å². The molecule has 0 aliphatic heterocycles. The Hall–Kier alpha value is -0.0400. The molecule has 0 aromatic rings. The molecule has 0 aromatic carbocycles. The summed E-state index contributed by atoms with van der Waals surface area (Å²) >= 11 is 0. The van der Waals surface area contributed by atoms with Gasteiger partial charge in [-0.2, -0.15) is 0 Å². The van der Waals surface area contributed by atoms with Crippen molar-refractivity contribution in [3.63, 3.8) is 0 Å². The minimum Gasteiger partial charge on any atom is -0.393 e. The van der Waals surface area contributed by atoms with Crippen LogP contribution in [0.15, 0.2) is 0 Å². The van der Waals surface area contributed by atoms with Gasteiger partial charge in [-0.05, 0) is 24.7 Å². The normalized spacial score (nSPS) is 43.7. The molecule has 0 spiro atoms. The van der Waals surface area contributed by atoms with E-state index in [-0.39, 0.29) is 6.10 Å². The molecule has 9 heavy (non-hydrogen) atoms. The summed E-state index contributed by atoms with van der Waals surface area (Å²) in [5, 5.41) is 9.36. The van der Waals surface area contributed by atoms with E-state index >= 15 is 0 Å². The second-order valence-corrected chi connectivity index (χ2v) is 3.19. The van der Waals surface area contributed by atoms with E-state index in [0.717, 1.165) is 18.8 Å². The highest BCUT2D eigenvalue weighted by Gasteiger charge is 2.29. The van der Waals surface area contributed by atoms with Crippen molar-refractivity contribution in [2.45, 2.75) is 39.2 Å². The van der Waals surface area contributed by atoms with E-state index in [1.165, 1.54) is 6.42 Å². The minimum atomic E-state index is 0.00463. The molecule has 1 saturated carbocycles. The summed E-state index contributed by atoms with van der Waals surface area (Å²) < 4.78 is 0. The van der Waals surface area contributed by atoms with Crippen LogP contribution in [0.1, 0.15) is 33.1 Å². The quantitative estimate of drug-likeness (QED) is 0.571. The Bertz CT molecular complexity index is 80.6. The highest BCUT2D eigenvalue weighted by molar-refractivity contribution is 4.80. The Morgan fingerprint density at radius 3 is 2.33 bits per heavy atom. The van der Waals surface area contributed by atoms with E-state index in [9.17, 15) is 5.11 Å². The Balaban J connectivity index is 2.44. The van der Waals surface area contributed by atoms with E-state index in [0.29, 0.717) is 5.92 Å². The minimum absolute atomic E-state index is 0.00463. The van der Waals surface area contributed by atoms with Gasteiger partial charge in [0.05, 0.1) is 6.10 Å². The average molecular weight is 128 g/mol. The Morgan fingerprint density at radius 1 is 1.44 bits per heavy atom. The van der Waals surface area contributed by atoms with Crippen molar-refractivity contribution >= 4 is 0 Å². The summed E-state index contributed by atoms with van der Waals surface area (Å²) in [5.41, 5.74) is 0. The van der Waals surface area contributed by atoms with Gasteiger partial charge in [0.15, 0.2) is 0 Å². The summed E-state index contributed by atoms with van der Waals surface area (Å²) in [6.07, 6.45) is 3.40. The molecule has 0 aromatic heterocycles. The summed E-state index contributed by atoms with van der Waals surface area (Å²) in [6, 6.07) is 0. The SMILES string of the molecule is CCC1[C@H](C)CC[C@@H]1O. The third kappa shape index (κ3) is 1.26. The lowest BCUT2D eigenvalue weighted by molar-refractivity contribution is 0.118. The molecule has 1 N–H and O–H groups in total. The van der Waals surface area contributed by atoms with Crippen molar-refractivity contribution in [3.8, 4) is 0 Å². The largest absolute Gasteiger partial charge is 0.393 e. The topological polar surface area (TPSA) is 20.2 Å². The fraction of sp³-hybridized carbons (Fsp3) is 1.00. The van der Waals surface area contributed by atoms with Crippen LogP contribution in [0.5, 0.6) is 0 Å². The highest BCUT2D eigenvalue weighted by Crippen LogP contribution is 2.33. The maximum atomic E-state index is 9.36. The summed E-state index contributed by atoms with van der Waals surface area (Å²) in [5.74, 6) is 1.34. The van der Waals surface area contributed by atoms with Gasteiger partial charge in [-0.3, -0.25) is 0 Å². The van der Waals surface area contributed by atoms with Crippen LogP contribution in [-0.4, -0.2) is 11.2 Å². The molecular weight excluding hydrogens is 112 g/mol. The molecule has 0 radical (unpaired) electrons. The van der Waals surface area contributed by atoms with Crippen molar-refractivity contribution in [1.82, 2.24) is 0 Å². The molecule has 1 fully saturated rings. The van der Waals surface area contributed by atoms with Crippen LogP contribution in [0, 0.1) is 11.8 Å². The van der Waals surface area contributed by atoms with Gasteiger partial charge in [-0.1, -0.05) is 20.3 Å². The van der Waals surface area contributed by atoms with Gasteiger partial charge in [0, 0.05) is 0 Å². The van der Waals surface area contributed by atoms with Crippen LogP contribution in [0.3, 0.4) is 0 Å². The van der Waals surface area contributed by atoms with Crippen molar-refractivity contribution in [2.75, 3.05) is 0 Å². The molecule has 1 aliphatic carbocycles. The number of aliphatic hydroxyl groups is 1. The smallest absolute Gasteiger partial charge is 0.0570 e. The zero-order chi connectivity index (χ0) is 6.85. The monoisotopic (exact) mass is 128 g/mol. The van der Waals surface area contributed by atoms with Crippen LogP contribution in [0.4, 0.5) is 0 Å². The van der Waals surface area contributed by atoms with E-state index in [1.54, 1.807) is 0 Å². The Morgan fingerprint density at radius 2 is 2.11 bits per heavy atom. The van der Waals surface area contributed by atoms with Gasteiger partial charge in [-0.25, -0.2) is 0 Å². The van der Waals surface area contributed by atoms with Gasteiger partial charge in [-0.15, -0.1) is 0 Å². The molecule has 0 heterocycles. The highest BCUT2D eigenvalue weighted by atomic mass is 16.3.